The van der Waals surface area contributed by atoms with E-state index in [0.29, 0.717) is 22.1 Å². The first-order valence-corrected chi connectivity index (χ1v) is 8.73. The summed E-state index contributed by atoms with van der Waals surface area (Å²) < 4.78 is 42.7. The lowest BCUT2D eigenvalue weighted by atomic mass is 10.1. The predicted octanol–water partition coefficient (Wildman–Crippen LogP) is 5.45. The zero-order valence-electron chi connectivity index (χ0n) is 13.7. The number of hydrogen-bond acceptors (Lipinski definition) is 4. The molecule has 0 bridgehead atoms. The Balaban J connectivity index is 1.70. The van der Waals surface area contributed by atoms with Crippen LogP contribution in [0.3, 0.4) is 0 Å². The predicted molar refractivity (Wildman–Crippen MR) is 95.7 cm³/mol. The summed E-state index contributed by atoms with van der Waals surface area (Å²) in [5.74, 6) is -0.271. The molecule has 0 fully saturated rings. The van der Waals surface area contributed by atoms with Gasteiger partial charge in [-0.3, -0.25) is 4.40 Å². The van der Waals surface area contributed by atoms with Crippen LogP contribution in [0.5, 0.6) is 5.75 Å². The zero-order chi connectivity index (χ0) is 18.9. The molecule has 0 radical (unpaired) electrons. The van der Waals surface area contributed by atoms with Crippen molar-refractivity contribution in [3.8, 4) is 17.0 Å². The highest BCUT2D eigenvalue weighted by Crippen LogP contribution is 2.30. The lowest BCUT2D eigenvalue weighted by Gasteiger charge is -2.10. The number of alkyl halides is 3. The third-order valence-corrected chi connectivity index (χ3v) is 4.67. The number of halogens is 3. The molecule has 0 aliphatic heterocycles. The average Bonchev–Trinajstić information content (AvgIpc) is 3.11. The van der Waals surface area contributed by atoms with Crippen LogP contribution in [0.15, 0.2) is 83.1 Å². The van der Waals surface area contributed by atoms with Gasteiger partial charge in [-0.05, 0) is 36.4 Å². The second-order valence-electron chi connectivity index (χ2n) is 5.57. The van der Waals surface area contributed by atoms with E-state index in [1.165, 1.54) is 23.9 Å². The van der Waals surface area contributed by atoms with Crippen LogP contribution in [-0.2, 0) is 0 Å². The second-order valence-corrected chi connectivity index (χ2v) is 6.61. The van der Waals surface area contributed by atoms with Crippen LogP contribution in [0.1, 0.15) is 0 Å². The zero-order valence-corrected chi connectivity index (χ0v) is 14.5. The molecule has 0 unspecified atom stereocenters. The summed E-state index contributed by atoms with van der Waals surface area (Å²) >= 11 is 1.48. The van der Waals surface area contributed by atoms with E-state index in [9.17, 15) is 13.2 Å². The van der Waals surface area contributed by atoms with Crippen molar-refractivity contribution in [1.82, 2.24) is 14.4 Å². The molecule has 0 saturated carbocycles. The quantitative estimate of drug-likeness (QED) is 0.437. The Morgan fingerprint density at radius 3 is 2.41 bits per heavy atom. The molecule has 2 aromatic heterocycles. The van der Waals surface area contributed by atoms with E-state index in [2.05, 4.69) is 14.7 Å². The minimum absolute atomic E-state index is 0.271. The maximum atomic E-state index is 12.3. The van der Waals surface area contributed by atoms with Crippen molar-refractivity contribution in [2.75, 3.05) is 0 Å². The number of fused-ring (bicyclic) bond motifs is 1. The smallest absolute Gasteiger partial charge is 0.406 e. The normalized spacial score (nSPS) is 11.7. The molecule has 0 aliphatic rings. The number of hydrogen-bond donors (Lipinski definition) is 0. The Morgan fingerprint density at radius 1 is 0.963 bits per heavy atom. The van der Waals surface area contributed by atoms with Crippen LogP contribution in [0.2, 0.25) is 0 Å². The molecule has 0 spiro atoms. The Hall–Kier alpha value is -3.00. The van der Waals surface area contributed by atoms with E-state index >= 15 is 0 Å². The molecule has 0 saturated heterocycles. The molecular weight excluding hydrogens is 375 g/mol. The molecule has 2 heterocycles. The van der Waals surface area contributed by atoms with Gasteiger partial charge >= 0.3 is 6.36 Å². The lowest BCUT2D eigenvalue weighted by Crippen LogP contribution is -2.16. The molecule has 136 valence electrons. The van der Waals surface area contributed by atoms with E-state index in [-0.39, 0.29) is 5.75 Å². The second kappa shape index (κ2) is 6.96. The largest absolute Gasteiger partial charge is 0.573 e. The highest BCUT2D eigenvalue weighted by atomic mass is 32.2. The van der Waals surface area contributed by atoms with Crippen LogP contribution in [-0.4, -0.2) is 20.7 Å². The summed E-state index contributed by atoms with van der Waals surface area (Å²) in [6.45, 7) is 0. The minimum atomic E-state index is -4.71. The average molecular weight is 387 g/mol. The first-order chi connectivity index (χ1) is 13.0. The molecule has 0 amide bonds. The van der Waals surface area contributed by atoms with Crippen molar-refractivity contribution in [2.45, 2.75) is 16.4 Å². The van der Waals surface area contributed by atoms with Gasteiger partial charge < -0.3 is 4.74 Å². The summed E-state index contributed by atoms with van der Waals surface area (Å²) in [7, 11) is 0. The molecule has 0 aliphatic carbocycles. The first kappa shape index (κ1) is 17.4. The molecule has 4 rings (SSSR count). The third-order valence-electron chi connectivity index (χ3n) is 3.69. The van der Waals surface area contributed by atoms with Crippen LogP contribution < -0.4 is 4.74 Å². The first-order valence-electron chi connectivity index (χ1n) is 7.91. The van der Waals surface area contributed by atoms with Gasteiger partial charge in [0.05, 0.1) is 5.69 Å². The standard InChI is InChI=1S/C19H12F3N3OS/c20-19(21,22)26-14-8-6-13(7-9-14)16-12-17-23-10-11-25(17)18(24-16)27-15-4-2-1-3-5-15/h1-12H. The fraction of sp³-hybridized carbons (Fsp3) is 0.0526. The van der Waals surface area contributed by atoms with Crippen molar-refractivity contribution in [2.24, 2.45) is 0 Å². The molecule has 8 heteroatoms. The van der Waals surface area contributed by atoms with Crippen molar-refractivity contribution >= 4 is 17.4 Å². The van der Waals surface area contributed by atoms with Crippen LogP contribution in [0, 0.1) is 0 Å². The van der Waals surface area contributed by atoms with E-state index in [4.69, 9.17) is 0 Å². The Morgan fingerprint density at radius 2 is 1.70 bits per heavy atom. The van der Waals surface area contributed by atoms with Gasteiger partial charge in [0.2, 0.25) is 0 Å². The van der Waals surface area contributed by atoms with Crippen LogP contribution in [0.4, 0.5) is 13.2 Å². The molecule has 4 aromatic rings. The summed E-state index contributed by atoms with van der Waals surface area (Å²) in [4.78, 5) is 9.99. The van der Waals surface area contributed by atoms with E-state index < -0.39 is 6.36 Å². The van der Waals surface area contributed by atoms with Gasteiger partial charge in [0.1, 0.15) is 11.4 Å². The van der Waals surface area contributed by atoms with Crippen molar-refractivity contribution in [1.29, 1.82) is 0 Å². The van der Waals surface area contributed by atoms with E-state index in [1.807, 2.05) is 40.9 Å². The van der Waals surface area contributed by atoms with E-state index in [0.717, 1.165) is 4.90 Å². The SMILES string of the molecule is FC(F)(F)Oc1ccc(-c2cc3nccn3c(Sc3ccccc3)n2)cc1. The fourth-order valence-corrected chi connectivity index (χ4v) is 3.44. The Kier molecular flexibility index (Phi) is 4.49. The summed E-state index contributed by atoms with van der Waals surface area (Å²) in [5.41, 5.74) is 1.99. The highest BCUT2D eigenvalue weighted by Gasteiger charge is 2.31. The van der Waals surface area contributed by atoms with Gasteiger partial charge in [0, 0.05) is 28.9 Å². The van der Waals surface area contributed by atoms with Crippen LogP contribution in [0.25, 0.3) is 16.9 Å². The van der Waals surface area contributed by atoms with Gasteiger partial charge in [-0.25, -0.2) is 9.97 Å². The topological polar surface area (TPSA) is 39.4 Å². The molecule has 0 atom stereocenters. The monoisotopic (exact) mass is 387 g/mol. The van der Waals surface area contributed by atoms with Crippen molar-refractivity contribution < 1.29 is 17.9 Å². The number of aromatic nitrogens is 3. The van der Waals surface area contributed by atoms with Gasteiger partial charge in [-0.1, -0.05) is 30.0 Å². The van der Waals surface area contributed by atoms with E-state index in [1.54, 1.807) is 24.4 Å². The molecule has 0 N–H and O–H groups in total. The number of rotatable bonds is 4. The Bertz CT molecular complexity index is 1060. The fourth-order valence-electron chi connectivity index (χ4n) is 2.54. The molecule has 2 aromatic carbocycles. The highest BCUT2D eigenvalue weighted by molar-refractivity contribution is 7.99. The third kappa shape index (κ3) is 4.06. The number of ether oxygens (including phenoxy) is 1. The maximum absolute atomic E-state index is 12.3. The maximum Gasteiger partial charge on any atom is 0.573 e. The number of benzene rings is 2. The van der Waals surface area contributed by atoms with Gasteiger partial charge in [0.25, 0.3) is 0 Å². The van der Waals surface area contributed by atoms with Gasteiger partial charge in [0.15, 0.2) is 5.16 Å². The number of nitrogens with zero attached hydrogens (tertiary/aromatic N) is 3. The summed E-state index contributed by atoms with van der Waals surface area (Å²) in [6, 6.07) is 17.2. The minimum Gasteiger partial charge on any atom is -0.406 e. The molecule has 4 nitrogen and oxygen atoms in total. The number of imidazole rings is 1. The van der Waals surface area contributed by atoms with Gasteiger partial charge in [-0.15, -0.1) is 13.2 Å². The van der Waals surface area contributed by atoms with Gasteiger partial charge in [-0.2, -0.15) is 0 Å². The summed E-state index contributed by atoms with van der Waals surface area (Å²) in [6.07, 6.45) is -1.22. The van der Waals surface area contributed by atoms with Crippen molar-refractivity contribution in [3.63, 3.8) is 0 Å². The summed E-state index contributed by atoms with van der Waals surface area (Å²) in [5, 5.41) is 0.710. The molecular formula is C19H12F3N3OS. The van der Waals surface area contributed by atoms with Crippen molar-refractivity contribution in [3.05, 3.63) is 73.1 Å². The Labute approximate surface area is 156 Å². The molecule has 27 heavy (non-hydrogen) atoms. The lowest BCUT2D eigenvalue weighted by molar-refractivity contribution is -0.274. The van der Waals surface area contributed by atoms with Crippen LogP contribution >= 0.6 is 11.8 Å².